The SMILES string of the molecule is Cc1cncc2c1N=c1c(-c3ccccc3)cccc1=CN2CCCN(C)C. The van der Waals surface area contributed by atoms with Crippen molar-refractivity contribution in [1.29, 1.82) is 0 Å². The van der Waals surface area contributed by atoms with Gasteiger partial charge in [-0.2, -0.15) is 0 Å². The summed E-state index contributed by atoms with van der Waals surface area (Å²) in [5, 5.41) is 2.17. The minimum Gasteiger partial charge on any atom is -0.344 e. The molecule has 0 radical (unpaired) electrons. The van der Waals surface area contributed by atoms with Crippen molar-refractivity contribution in [2.24, 2.45) is 4.99 Å². The number of nitrogens with zero attached hydrogens (tertiary/aromatic N) is 4. The topological polar surface area (TPSA) is 31.7 Å². The molecule has 4 heteroatoms. The van der Waals surface area contributed by atoms with Crippen LogP contribution in [0.5, 0.6) is 0 Å². The summed E-state index contributed by atoms with van der Waals surface area (Å²) in [6.45, 7) is 4.07. The number of hydrogen-bond donors (Lipinski definition) is 0. The molecule has 0 N–H and O–H groups in total. The van der Waals surface area contributed by atoms with Crippen LogP contribution in [0.2, 0.25) is 0 Å². The highest BCUT2D eigenvalue weighted by molar-refractivity contribution is 5.76. The highest BCUT2D eigenvalue weighted by Gasteiger charge is 2.16. The molecule has 0 saturated heterocycles. The predicted octanol–water partition coefficient (Wildman–Crippen LogP) is 3.52. The summed E-state index contributed by atoms with van der Waals surface area (Å²) >= 11 is 0. The molecule has 28 heavy (non-hydrogen) atoms. The number of aryl methyl sites for hydroxylation is 1. The number of para-hydroxylation sites is 1. The Labute approximate surface area is 166 Å². The third-order valence-corrected chi connectivity index (χ3v) is 5.07. The number of fused-ring (bicyclic) bond motifs is 2. The van der Waals surface area contributed by atoms with Crippen molar-refractivity contribution in [3.8, 4) is 11.1 Å². The van der Waals surface area contributed by atoms with Crippen molar-refractivity contribution in [3.63, 3.8) is 0 Å². The van der Waals surface area contributed by atoms with Crippen LogP contribution in [-0.4, -0.2) is 37.1 Å². The van der Waals surface area contributed by atoms with E-state index in [9.17, 15) is 0 Å². The number of benzene rings is 2. The Hall–Kier alpha value is -2.98. The van der Waals surface area contributed by atoms with Crippen molar-refractivity contribution in [1.82, 2.24) is 9.88 Å². The summed E-state index contributed by atoms with van der Waals surface area (Å²) in [4.78, 5) is 14.1. The average Bonchev–Trinajstić information content (AvgIpc) is 2.86. The predicted molar refractivity (Wildman–Crippen MR) is 116 cm³/mol. The Morgan fingerprint density at radius 1 is 0.964 bits per heavy atom. The Balaban J connectivity index is 1.90. The van der Waals surface area contributed by atoms with Gasteiger partial charge in [-0.05, 0) is 45.1 Å². The number of anilines is 1. The third-order valence-electron chi connectivity index (χ3n) is 5.07. The van der Waals surface area contributed by atoms with Gasteiger partial charge in [0.25, 0.3) is 0 Å². The molecule has 1 aromatic heterocycles. The standard InChI is InChI=1S/C24H26N4/c1-18-15-25-16-22-23(18)26-24-20(17-28(22)14-8-13-27(2)3)11-7-12-21(24)19-9-5-4-6-10-19/h4-7,9-12,15-17H,8,13-14H2,1-3H3. The summed E-state index contributed by atoms with van der Waals surface area (Å²) < 4.78 is 0. The fourth-order valence-electron chi connectivity index (χ4n) is 3.63. The van der Waals surface area contributed by atoms with Crippen LogP contribution in [0.4, 0.5) is 11.4 Å². The van der Waals surface area contributed by atoms with Gasteiger partial charge in [0.2, 0.25) is 0 Å². The van der Waals surface area contributed by atoms with Gasteiger partial charge in [-0.15, -0.1) is 0 Å². The lowest BCUT2D eigenvalue weighted by molar-refractivity contribution is 0.403. The van der Waals surface area contributed by atoms with E-state index in [0.717, 1.165) is 52.6 Å². The van der Waals surface area contributed by atoms with Crippen LogP contribution < -0.4 is 15.5 Å². The van der Waals surface area contributed by atoms with E-state index in [1.807, 2.05) is 18.5 Å². The largest absolute Gasteiger partial charge is 0.344 e. The Kier molecular flexibility index (Phi) is 5.22. The number of pyridine rings is 1. The molecule has 1 aliphatic heterocycles. The minimum atomic E-state index is 0.931. The van der Waals surface area contributed by atoms with E-state index in [-0.39, 0.29) is 0 Å². The third kappa shape index (κ3) is 3.69. The highest BCUT2D eigenvalue weighted by atomic mass is 15.1. The monoisotopic (exact) mass is 370 g/mol. The molecule has 4 nitrogen and oxygen atoms in total. The molecule has 3 aromatic rings. The lowest BCUT2D eigenvalue weighted by atomic mass is 10.0. The molecule has 0 atom stereocenters. The van der Waals surface area contributed by atoms with Crippen LogP contribution >= 0.6 is 0 Å². The Morgan fingerprint density at radius 3 is 2.57 bits per heavy atom. The van der Waals surface area contributed by atoms with E-state index in [1.54, 1.807) is 0 Å². The summed E-state index contributed by atoms with van der Waals surface area (Å²) in [7, 11) is 4.23. The average molecular weight is 371 g/mol. The van der Waals surface area contributed by atoms with Crippen molar-refractivity contribution in [2.45, 2.75) is 13.3 Å². The number of rotatable bonds is 5. The van der Waals surface area contributed by atoms with Crippen LogP contribution in [-0.2, 0) is 0 Å². The minimum absolute atomic E-state index is 0.931. The maximum Gasteiger partial charge on any atom is 0.0934 e. The smallest absolute Gasteiger partial charge is 0.0934 e. The molecule has 2 aromatic carbocycles. The van der Waals surface area contributed by atoms with Crippen LogP contribution in [0.15, 0.2) is 65.9 Å². The normalized spacial score (nSPS) is 12.6. The van der Waals surface area contributed by atoms with E-state index in [0.29, 0.717) is 0 Å². The molecule has 0 amide bonds. The first-order valence-corrected chi connectivity index (χ1v) is 9.74. The van der Waals surface area contributed by atoms with Gasteiger partial charge in [-0.25, -0.2) is 4.99 Å². The first kappa shape index (κ1) is 18.4. The molecule has 0 saturated carbocycles. The molecular weight excluding hydrogens is 344 g/mol. The number of aromatic nitrogens is 1. The van der Waals surface area contributed by atoms with Crippen LogP contribution in [0, 0.1) is 6.92 Å². The molecule has 2 heterocycles. The second kappa shape index (κ2) is 7.95. The lowest BCUT2D eigenvalue weighted by Crippen LogP contribution is -2.30. The molecule has 0 fully saturated rings. The van der Waals surface area contributed by atoms with Gasteiger partial charge in [0.15, 0.2) is 0 Å². The van der Waals surface area contributed by atoms with Gasteiger partial charge >= 0.3 is 0 Å². The van der Waals surface area contributed by atoms with Crippen LogP contribution in [0.1, 0.15) is 12.0 Å². The van der Waals surface area contributed by atoms with Crippen molar-refractivity contribution < 1.29 is 0 Å². The van der Waals surface area contributed by atoms with Crippen molar-refractivity contribution >= 4 is 17.6 Å². The summed E-state index contributed by atoms with van der Waals surface area (Å²) in [6.07, 6.45) is 7.14. The van der Waals surface area contributed by atoms with Gasteiger partial charge in [-0.3, -0.25) is 4.98 Å². The number of hydrogen-bond acceptors (Lipinski definition) is 4. The van der Waals surface area contributed by atoms with E-state index in [4.69, 9.17) is 4.99 Å². The van der Waals surface area contributed by atoms with Gasteiger partial charge in [0.1, 0.15) is 0 Å². The van der Waals surface area contributed by atoms with Gasteiger partial charge in [0, 0.05) is 29.7 Å². The molecule has 0 bridgehead atoms. The fraction of sp³-hybridized carbons (Fsp3) is 0.250. The summed E-state index contributed by atoms with van der Waals surface area (Å²) in [5.41, 5.74) is 5.53. The van der Waals surface area contributed by atoms with Crippen molar-refractivity contribution in [3.05, 3.63) is 77.1 Å². The van der Waals surface area contributed by atoms with Gasteiger partial charge in [-0.1, -0.05) is 48.5 Å². The maximum atomic E-state index is 5.15. The van der Waals surface area contributed by atoms with E-state index in [1.165, 1.54) is 5.56 Å². The zero-order valence-electron chi connectivity index (χ0n) is 16.8. The summed E-state index contributed by atoms with van der Waals surface area (Å²) in [6, 6.07) is 16.9. The zero-order valence-corrected chi connectivity index (χ0v) is 16.8. The first-order valence-electron chi connectivity index (χ1n) is 9.74. The highest BCUT2D eigenvalue weighted by Crippen LogP contribution is 2.32. The quantitative estimate of drug-likeness (QED) is 0.689. The Bertz CT molecular complexity index is 1090. The van der Waals surface area contributed by atoms with E-state index >= 15 is 0 Å². The maximum absolute atomic E-state index is 5.15. The summed E-state index contributed by atoms with van der Waals surface area (Å²) in [5.74, 6) is 0. The van der Waals surface area contributed by atoms with Gasteiger partial charge < -0.3 is 9.80 Å². The molecule has 4 rings (SSSR count). The molecule has 1 aliphatic rings. The molecule has 142 valence electrons. The zero-order chi connectivity index (χ0) is 19.5. The van der Waals surface area contributed by atoms with E-state index in [2.05, 4.69) is 84.5 Å². The van der Waals surface area contributed by atoms with Crippen LogP contribution in [0.3, 0.4) is 0 Å². The lowest BCUT2D eigenvalue weighted by Gasteiger charge is -2.22. The second-order valence-corrected chi connectivity index (χ2v) is 7.52. The molecule has 0 unspecified atom stereocenters. The Morgan fingerprint density at radius 2 is 1.79 bits per heavy atom. The fourth-order valence-corrected chi connectivity index (χ4v) is 3.63. The second-order valence-electron chi connectivity index (χ2n) is 7.52. The first-order chi connectivity index (χ1) is 13.6. The molecule has 0 spiro atoms. The van der Waals surface area contributed by atoms with Gasteiger partial charge in [0.05, 0.1) is 22.9 Å². The van der Waals surface area contributed by atoms with Crippen LogP contribution in [0.25, 0.3) is 17.3 Å². The molecular formula is C24H26N4. The van der Waals surface area contributed by atoms with E-state index < -0.39 is 0 Å². The van der Waals surface area contributed by atoms with Crippen molar-refractivity contribution in [2.75, 3.05) is 32.1 Å². The molecule has 0 aliphatic carbocycles.